The molecule has 6 heteroatoms. The molecule has 0 aliphatic heterocycles. The van der Waals surface area contributed by atoms with Crippen LogP contribution >= 0.6 is 0 Å². The zero-order valence-electron chi connectivity index (χ0n) is 11.0. The summed E-state index contributed by atoms with van der Waals surface area (Å²) in [6, 6.07) is 6.04. The number of esters is 1. The van der Waals surface area contributed by atoms with E-state index in [1.807, 2.05) is 0 Å². The molecular formula is C13H17NO5. The smallest absolute Gasteiger partial charge is 0.335 e. The van der Waals surface area contributed by atoms with Gasteiger partial charge in [-0.15, -0.1) is 0 Å². The van der Waals surface area contributed by atoms with Crippen molar-refractivity contribution < 1.29 is 19.2 Å². The third-order valence-electron chi connectivity index (χ3n) is 2.49. The van der Waals surface area contributed by atoms with Crippen molar-refractivity contribution in [3.05, 3.63) is 39.9 Å². The van der Waals surface area contributed by atoms with Gasteiger partial charge in [-0.2, -0.15) is 0 Å². The maximum Gasteiger partial charge on any atom is 0.335 e. The van der Waals surface area contributed by atoms with E-state index in [4.69, 9.17) is 9.47 Å². The van der Waals surface area contributed by atoms with Crippen LogP contribution in [0.25, 0.3) is 0 Å². The number of carbonyl (C=O) groups excluding carboxylic acids is 1. The fourth-order valence-corrected chi connectivity index (χ4v) is 1.61. The van der Waals surface area contributed by atoms with Crippen LogP contribution in [0.5, 0.6) is 0 Å². The van der Waals surface area contributed by atoms with Crippen molar-refractivity contribution in [3.63, 3.8) is 0 Å². The van der Waals surface area contributed by atoms with E-state index in [-0.39, 0.29) is 5.69 Å². The van der Waals surface area contributed by atoms with Gasteiger partial charge < -0.3 is 9.47 Å². The van der Waals surface area contributed by atoms with Gasteiger partial charge in [-0.05, 0) is 19.4 Å². The summed E-state index contributed by atoms with van der Waals surface area (Å²) in [5, 5.41) is 10.5. The first-order chi connectivity index (χ1) is 9.08. The predicted molar refractivity (Wildman–Crippen MR) is 68.8 cm³/mol. The molecule has 1 atom stereocenters. The van der Waals surface area contributed by atoms with Crippen LogP contribution in [0.15, 0.2) is 24.3 Å². The van der Waals surface area contributed by atoms with Crippen molar-refractivity contribution in [2.24, 2.45) is 0 Å². The highest BCUT2D eigenvalue weighted by molar-refractivity contribution is 5.75. The second kappa shape index (κ2) is 7.48. The second-order valence-electron chi connectivity index (χ2n) is 3.82. The Morgan fingerprint density at radius 2 is 1.89 bits per heavy atom. The van der Waals surface area contributed by atoms with Crippen LogP contribution in [0.1, 0.15) is 19.4 Å². The SMILES string of the molecule is CCOC(=O)[C@H](Cc1ccc([N+](=O)[O-])cc1)OCC. The highest BCUT2D eigenvalue weighted by Crippen LogP contribution is 2.14. The van der Waals surface area contributed by atoms with Gasteiger partial charge in [0, 0.05) is 25.2 Å². The third-order valence-corrected chi connectivity index (χ3v) is 2.49. The molecular weight excluding hydrogens is 250 g/mol. The number of ether oxygens (including phenoxy) is 2. The topological polar surface area (TPSA) is 78.7 Å². The highest BCUT2D eigenvalue weighted by atomic mass is 16.6. The Morgan fingerprint density at radius 3 is 2.37 bits per heavy atom. The van der Waals surface area contributed by atoms with Crippen LogP contribution in [0.2, 0.25) is 0 Å². The third kappa shape index (κ3) is 4.67. The Kier molecular flexibility index (Phi) is 5.95. The minimum absolute atomic E-state index is 0.0212. The molecule has 0 aromatic heterocycles. The number of benzene rings is 1. The van der Waals surface area contributed by atoms with E-state index < -0.39 is 17.0 Å². The van der Waals surface area contributed by atoms with Crippen LogP contribution < -0.4 is 0 Å². The van der Waals surface area contributed by atoms with Gasteiger partial charge in [0.15, 0.2) is 6.10 Å². The Morgan fingerprint density at radius 1 is 1.26 bits per heavy atom. The minimum atomic E-state index is -0.675. The van der Waals surface area contributed by atoms with E-state index >= 15 is 0 Å². The molecule has 0 N–H and O–H groups in total. The maximum atomic E-state index is 11.7. The van der Waals surface area contributed by atoms with Gasteiger partial charge in [-0.1, -0.05) is 12.1 Å². The number of carbonyl (C=O) groups is 1. The van der Waals surface area contributed by atoms with Crippen LogP contribution in [0.4, 0.5) is 5.69 Å². The van der Waals surface area contributed by atoms with E-state index in [0.29, 0.717) is 19.6 Å². The van der Waals surface area contributed by atoms with Crippen LogP contribution in [-0.2, 0) is 20.7 Å². The molecule has 0 fully saturated rings. The van der Waals surface area contributed by atoms with Gasteiger partial charge in [-0.3, -0.25) is 10.1 Å². The number of non-ortho nitro benzene ring substituents is 1. The lowest BCUT2D eigenvalue weighted by atomic mass is 10.1. The summed E-state index contributed by atoms with van der Waals surface area (Å²) in [5.74, 6) is -0.414. The van der Waals surface area contributed by atoms with E-state index in [0.717, 1.165) is 5.56 Å². The summed E-state index contributed by atoms with van der Waals surface area (Å²) in [7, 11) is 0. The summed E-state index contributed by atoms with van der Waals surface area (Å²) >= 11 is 0. The van der Waals surface area contributed by atoms with E-state index in [9.17, 15) is 14.9 Å². The van der Waals surface area contributed by atoms with Gasteiger partial charge in [0.05, 0.1) is 11.5 Å². The molecule has 19 heavy (non-hydrogen) atoms. The van der Waals surface area contributed by atoms with Crippen LogP contribution in [0, 0.1) is 10.1 Å². The average Bonchev–Trinajstić information content (AvgIpc) is 2.39. The molecule has 0 aliphatic carbocycles. The van der Waals surface area contributed by atoms with Gasteiger partial charge in [0.25, 0.3) is 5.69 Å². The summed E-state index contributed by atoms with van der Waals surface area (Å²) < 4.78 is 10.2. The molecule has 0 bridgehead atoms. The zero-order valence-corrected chi connectivity index (χ0v) is 11.0. The summed E-state index contributed by atoms with van der Waals surface area (Å²) in [4.78, 5) is 21.7. The molecule has 104 valence electrons. The number of nitro groups is 1. The Balaban J connectivity index is 2.73. The normalized spacial score (nSPS) is 11.9. The maximum absolute atomic E-state index is 11.7. The first-order valence-corrected chi connectivity index (χ1v) is 6.10. The molecule has 0 spiro atoms. The van der Waals surface area contributed by atoms with Crippen LogP contribution in [-0.4, -0.2) is 30.2 Å². The number of rotatable bonds is 7. The monoisotopic (exact) mass is 267 g/mol. The van der Waals surface area contributed by atoms with Gasteiger partial charge >= 0.3 is 5.97 Å². The molecule has 1 aromatic rings. The largest absolute Gasteiger partial charge is 0.464 e. The molecule has 1 aromatic carbocycles. The fourth-order valence-electron chi connectivity index (χ4n) is 1.61. The van der Waals surface area contributed by atoms with Crippen molar-refractivity contribution >= 4 is 11.7 Å². The van der Waals surface area contributed by atoms with Crippen molar-refractivity contribution in [3.8, 4) is 0 Å². The van der Waals surface area contributed by atoms with Gasteiger partial charge in [0.2, 0.25) is 0 Å². The number of nitrogens with zero attached hydrogens (tertiary/aromatic N) is 1. The molecule has 0 heterocycles. The first-order valence-electron chi connectivity index (χ1n) is 6.10. The number of hydrogen-bond donors (Lipinski definition) is 0. The molecule has 0 aliphatic rings. The zero-order chi connectivity index (χ0) is 14.3. The lowest BCUT2D eigenvalue weighted by Gasteiger charge is -2.15. The van der Waals surface area contributed by atoms with E-state index in [2.05, 4.69) is 0 Å². The average molecular weight is 267 g/mol. The standard InChI is InChI=1S/C13H17NO5/c1-3-18-12(13(15)19-4-2)9-10-5-7-11(8-6-10)14(16)17/h5-8,12H,3-4,9H2,1-2H3/t12-/m0/s1. The fraction of sp³-hybridized carbons (Fsp3) is 0.462. The lowest BCUT2D eigenvalue weighted by Crippen LogP contribution is -2.28. The molecule has 1 rings (SSSR count). The molecule has 0 saturated heterocycles. The second-order valence-corrected chi connectivity index (χ2v) is 3.82. The Bertz CT molecular complexity index is 429. The summed E-state index contributed by atoms with van der Waals surface area (Å²) in [6.07, 6.45) is -0.337. The molecule has 0 saturated carbocycles. The summed E-state index contributed by atoms with van der Waals surface area (Å²) in [5.41, 5.74) is 0.810. The first kappa shape index (κ1) is 15.1. The van der Waals surface area contributed by atoms with Crippen LogP contribution in [0.3, 0.4) is 0 Å². The predicted octanol–water partition coefficient (Wildman–Crippen LogP) is 2.11. The van der Waals surface area contributed by atoms with Gasteiger partial charge in [0.1, 0.15) is 0 Å². The Labute approximate surface area is 111 Å². The van der Waals surface area contributed by atoms with Crippen molar-refractivity contribution in [2.45, 2.75) is 26.4 Å². The van der Waals surface area contributed by atoms with Crippen molar-refractivity contribution in [1.82, 2.24) is 0 Å². The number of hydrogen-bond acceptors (Lipinski definition) is 5. The van der Waals surface area contributed by atoms with E-state index in [1.165, 1.54) is 12.1 Å². The molecule has 6 nitrogen and oxygen atoms in total. The van der Waals surface area contributed by atoms with Gasteiger partial charge in [-0.25, -0.2) is 4.79 Å². The molecule has 0 radical (unpaired) electrons. The quantitative estimate of drug-likeness (QED) is 0.429. The lowest BCUT2D eigenvalue weighted by molar-refractivity contribution is -0.384. The minimum Gasteiger partial charge on any atom is -0.464 e. The van der Waals surface area contributed by atoms with Crippen molar-refractivity contribution in [1.29, 1.82) is 0 Å². The van der Waals surface area contributed by atoms with E-state index in [1.54, 1.807) is 26.0 Å². The molecule has 0 amide bonds. The number of nitro benzene ring substituents is 1. The van der Waals surface area contributed by atoms with Crippen molar-refractivity contribution in [2.75, 3.05) is 13.2 Å². The highest BCUT2D eigenvalue weighted by Gasteiger charge is 2.20. The molecule has 0 unspecified atom stereocenters. The Hall–Kier alpha value is -1.95. The summed E-state index contributed by atoms with van der Waals surface area (Å²) in [6.45, 7) is 4.22.